The van der Waals surface area contributed by atoms with E-state index in [-0.39, 0.29) is 23.4 Å². The normalized spacial score (nSPS) is 31.8. The monoisotopic (exact) mass is 414 g/mol. The number of fused-ring (bicyclic) bond motifs is 1. The smallest absolute Gasteiger partial charge is 0.341 e. The molecule has 2 aliphatic carbocycles. The Morgan fingerprint density at radius 3 is 2.30 bits per heavy atom. The van der Waals surface area contributed by atoms with Gasteiger partial charge < -0.3 is 4.74 Å². The zero-order valence-corrected chi connectivity index (χ0v) is 18.9. The van der Waals surface area contributed by atoms with Crippen LogP contribution in [0.3, 0.4) is 0 Å². The van der Waals surface area contributed by atoms with Gasteiger partial charge in [-0.1, -0.05) is 57.6 Å². The number of halogens is 1. The molecule has 1 aromatic carbocycles. The van der Waals surface area contributed by atoms with E-state index in [2.05, 4.69) is 6.92 Å². The van der Waals surface area contributed by atoms with Gasteiger partial charge >= 0.3 is 5.97 Å². The molecular formula is C27H39FO2. The molecule has 1 aliphatic heterocycles. The van der Waals surface area contributed by atoms with Crippen LogP contribution >= 0.6 is 0 Å². The van der Waals surface area contributed by atoms with Crippen LogP contribution < -0.4 is 0 Å². The number of ether oxygens (including phenoxy) is 1. The number of esters is 1. The molecule has 2 saturated carbocycles. The first-order valence-electron chi connectivity index (χ1n) is 12.6. The van der Waals surface area contributed by atoms with E-state index in [0.29, 0.717) is 6.42 Å². The van der Waals surface area contributed by atoms with Gasteiger partial charge in [0.25, 0.3) is 0 Å². The summed E-state index contributed by atoms with van der Waals surface area (Å²) >= 11 is 0. The first kappa shape index (κ1) is 21.8. The van der Waals surface area contributed by atoms with Crippen LogP contribution in [0.2, 0.25) is 0 Å². The average molecular weight is 415 g/mol. The molecule has 1 aromatic rings. The minimum atomic E-state index is -0.479. The molecule has 0 aromatic heterocycles. The van der Waals surface area contributed by atoms with Crippen molar-refractivity contribution >= 4 is 5.97 Å². The van der Waals surface area contributed by atoms with E-state index < -0.39 is 5.97 Å². The van der Waals surface area contributed by atoms with E-state index in [9.17, 15) is 4.79 Å². The molecule has 0 amide bonds. The number of hydrogen-bond acceptors (Lipinski definition) is 2. The van der Waals surface area contributed by atoms with Crippen LogP contribution in [0, 0.1) is 23.6 Å². The second-order valence-electron chi connectivity index (χ2n) is 10.3. The molecule has 2 fully saturated rings. The second kappa shape index (κ2) is 9.83. The quantitative estimate of drug-likeness (QED) is 0.354. The molecule has 30 heavy (non-hydrogen) atoms. The fourth-order valence-electron chi connectivity index (χ4n) is 6.46. The predicted molar refractivity (Wildman–Crippen MR) is 119 cm³/mol. The van der Waals surface area contributed by atoms with Crippen molar-refractivity contribution in [2.45, 2.75) is 109 Å². The van der Waals surface area contributed by atoms with Crippen molar-refractivity contribution in [3.05, 3.63) is 34.6 Å². The molecule has 1 heterocycles. The summed E-state index contributed by atoms with van der Waals surface area (Å²) in [5, 5.41) is 0. The molecule has 0 radical (unpaired) electrons. The molecular weight excluding hydrogens is 375 g/mol. The van der Waals surface area contributed by atoms with Crippen molar-refractivity contribution in [3.8, 4) is 0 Å². The number of carbonyl (C=O) groups excluding carboxylic acids is 1. The van der Waals surface area contributed by atoms with Gasteiger partial charge in [0.1, 0.15) is 11.9 Å². The van der Waals surface area contributed by atoms with Gasteiger partial charge in [0.15, 0.2) is 0 Å². The van der Waals surface area contributed by atoms with Crippen LogP contribution in [0.1, 0.15) is 118 Å². The van der Waals surface area contributed by atoms with Crippen molar-refractivity contribution in [1.82, 2.24) is 0 Å². The highest BCUT2D eigenvalue weighted by Crippen LogP contribution is 2.45. The van der Waals surface area contributed by atoms with Crippen molar-refractivity contribution in [2.24, 2.45) is 17.8 Å². The number of benzene rings is 1. The summed E-state index contributed by atoms with van der Waals surface area (Å²) in [6, 6.07) is 3.92. The Labute approximate surface area is 182 Å². The van der Waals surface area contributed by atoms with Crippen LogP contribution in [0.15, 0.2) is 12.1 Å². The van der Waals surface area contributed by atoms with Gasteiger partial charge in [-0.3, -0.25) is 0 Å². The standard InChI is InChI=1S/C27H39FO2/c1-3-4-5-6-19-7-9-20(10-8-19)21-11-13-22(14-12-21)24-16-15-23-17-18(2)30-27(29)25(23)26(24)28/h15-16,18-22H,3-14,17H2,1-2H3. The zero-order valence-electron chi connectivity index (χ0n) is 18.9. The minimum Gasteiger partial charge on any atom is -0.459 e. The molecule has 0 spiro atoms. The molecule has 3 aliphatic rings. The summed E-state index contributed by atoms with van der Waals surface area (Å²) in [7, 11) is 0. The lowest BCUT2D eigenvalue weighted by molar-refractivity contribution is 0.0293. The summed E-state index contributed by atoms with van der Waals surface area (Å²) in [5.74, 6) is 2.15. The van der Waals surface area contributed by atoms with E-state index in [1.807, 2.05) is 19.1 Å². The van der Waals surface area contributed by atoms with Gasteiger partial charge in [-0.15, -0.1) is 0 Å². The molecule has 3 heteroatoms. The van der Waals surface area contributed by atoms with E-state index in [4.69, 9.17) is 4.74 Å². The van der Waals surface area contributed by atoms with Gasteiger partial charge in [0.05, 0.1) is 5.56 Å². The molecule has 0 N–H and O–H groups in total. The van der Waals surface area contributed by atoms with Crippen LogP contribution in [0.5, 0.6) is 0 Å². The van der Waals surface area contributed by atoms with E-state index in [0.717, 1.165) is 41.7 Å². The molecule has 166 valence electrons. The number of unbranched alkanes of at least 4 members (excludes halogenated alkanes) is 2. The Morgan fingerprint density at radius 2 is 1.63 bits per heavy atom. The van der Waals surface area contributed by atoms with Gasteiger partial charge in [0, 0.05) is 6.42 Å². The minimum absolute atomic E-state index is 0.160. The van der Waals surface area contributed by atoms with Crippen LogP contribution in [-0.4, -0.2) is 12.1 Å². The maximum atomic E-state index is 15.2. The van der Waals surface area contributed by atoms with Crippen LogP contribution in [0.25, 0.3) is 0 Å². The second-order valence-corrected chi connectivity index (χ2v) is 10.3. The Balaban J connectivity index is 1.31. The Bertz CT molecular complexity index is 727. The fourth-order valence-corrected chi connectivity index (χ4v) is 6.46. The third-order valence-electron chi connectivity index (χ3n) is 8.26. The van der Waals surface area contributed by atoms with E-state index in [1.165, 1.54) is 64.2 Å². The zero-order chi connectivity index (χ0) is 21.1. The third-order valence-corrected chi connectivity index (χ3v) is 8.26. The van der Waals surface area contributed by atoms with Gasteiger partial charge in [-0.2, -0.15) is 0 Å². The molecule has 4 rings (SSSR count). The van der Waals surface area contributed by atoms with Gasteiger partial charge in [0.2, 0.25) is 0 Å². The highest BCUT2D eigenvalue weighted by Gasteiger charge is 2.34. The maximum Gasteiger partial charge on any atom is 0.341 e. The lowest BCUT2D eigenvalue weighted by Crippen LogP contribution is -2.28. The van der Waals surface area contributed by atoms with Gasteiger partial charge in [-0.05, 0) is 80.2 Å². The molecule has 0 bridgehead atoms. The van der Waals surface area contributed by atoms with E-state index >= 15 is 4.39 Å². The summed E-state index contributed by atoms with van der Waals surface area (Å²) in [6.45, 7) is 4.15. The highest BCUT2D eigenvalue weighted by atomic mass is 19.1. The van der Waals surface area contributed by atoms with E-state index in [1.54, 1.807) is 0 Å². The predicted octanol–water partition coefficient (Wildman–Crippen LogP) is 7.59. The maximum absolute atomic E-state index is 15.2. The largest absolute Gasteiger partial charge is 0.459 e. The summed E-state index contributed by atoms with van der Waals surface area (Å²) in [4.78, 5) is 12.3. The SMILES string of the molecule is CCCCCC1CCC(C2CCC(c3ccc4c(c3F)C(=O)OC(C)C4)CC2)CC1. The number of hydrogen-bond donors (Lipinski definition) is 0. The van der Waals surface area contributed by atoms with Crippen molar-refractivity contribution in [2.75, 3.05) is 0 Å². The molecule has 2 nitrogen and oxygen atoms in total. The summed E-state index contributed by atoms with van der Waals surface area (Å²) < 4.78 is 20.5. The Morgan fingerprint density at radius 1 is 0.967 bits per heavy atom. The fraction of sp³-hybridized carbons (Fsp3) is 0.741. The molecule has 0 saturated heterocycles. The van der Waals surface area contributed by atoms with Gasteiger partial charge in [-0.25, -0.2) is 9.18 Å². The first-order valence-corrected chi connectivity index (χ1v) is 12.6. The third kappa shape index (κ3) is 4.75. The lowest BCUT2D eigenvalue weighted by Gasteiger charge is -2.38. The lowest BCUT2D eigenvalue weighted by atomic mass is 9.67. The Kier molecular flexibility index (Phi) is 7.16. The summed E-state index contributed by atoms with van der Waals surface area (Å²) in [6.07, 6.45) is 16.2. The van der Waals surface area contributed by atoms with Crippen LogP contribution in [0.4, 0.5) is 4.39 Å². The van der Waals surface area contributed by atoms with Crippen molar-refractivity contribution in [1.29, 1.82) is 0 Å². The van der Waals surface area contributed by atoms with Crippen molar-refractivity contribution < 1.29 is 13.9 Å². The number of carbonyl (C=O) groups is 1. The van der Waals surface area contributed by atoms with Crippen LogP contribution in [-0.2, 0) is 11.2 Å². The summed E-state index contributed by atoms with van der Waals surface area (Å²) in [5.41, 5.74) is 1.76. The number of rotatable bonds is 6. The molecule has 1 atom stereocenters. The number of cyclic esters (lactones) is 1. The Hall–Kier alpha value is -1.38. The molecule has 1 unspecified atom stereocenters. The topological polar surface area (TPSA) is 26.3 Å². The highest BCUT2D eigenvalue weighted by molar-refractivity contribution is 5.92. The average Bonchev–Trinajstić information content (AvgIpc) is 2.74. The van der Waals surface area contributed by atoms with Crippen molar-refractivity contribution in [3.63, 3.8) is 0 Å². The first-order chi connectivity index (χ1) is 14.6.